The zero-order chi connectivity index (χ0) is 20.5. The van der Waals surface area contributed by atoms with Crippen molar-refractivity contribution in [3.05, 3.63) is 58.1 Å². The second-order valence-corrected chi connectivity index (χ2v) is 7.26. The van der Waals surface area contributed by atoms with E-state index in [1.807, 2.05) is 0 Å². The minimum atomic E-state index is -0.340. The van der Waals surface area contributed by atoms with E-state index in [1.165, 1.54) is 0 Å². The number of benzene rings is 2. The lowest BCUT2D eigenvalue weighted by atomic mass is 10.2. The largest absolute Gasteiger partial charge is 0.461 e. The number of nitrogens with one attached hydrogen (secondary N) is 2. The number of hydrogen-bond donors (Lipinski definition) is 2. The lowest BCUT2D eigenvalue weighted by Gasteiger charge is -2.17. The van der Waals surface area contributed by atoms with Crippen LogP contribution in [0.15, 0.2) is 42.5 Å². The molecule has 28 heavy (non-hydrogen) atoms. The first-order valence-electron chi connectivity index (χ1n) is 8.95. The fourth-order valence-electron chi connectivity index (χ4n) is 2.50. The SMILES string of the molecule is CCN(CC)CCOC(=O)c1ccc(NC(=S)Nc2cc(Cl)cc(Cl)c2)cc1. The third-order valence-electron chi connectivity index (χ3n) is 4.03. The third kappa shape index (κ3) is 7.28. The van der Waals surface area contributed by atoms with Gasteiger partial charge in [-0.05, 0) is 67.8 Å². The Labute approximate surface area is 181 Å². The van der Waals surface area contributed by atoms with Gasteiger partial charge < -0.3 is 20.3 Å². The number of carbonyl (C=O) groups is 1. The van der Waals surface area contributed by atoms with Gasteiger partial charge >= 0.3 is 5.97 Å². The van der Waals surface area contributed by atoms with Crippen LogP contribution in [0.4, 0.5) is 11.4 Å². The van der Waals surface area contributed by atoms with Crippen LogP contribution >= 0.6 is 35.4 Å². The molecule has 2 rings (SSSR count). The van der Waals surface area contributed by atoms with E-state index in [4.69, 9.17) is 40.2 Å². The van der Waals surface area contributed by atoms with E-state index in [9.17, 15) is 4.79 Å². The van der Waals surface area contributed by atoms with Crippen LogP contribution in [0.5, 0.6) is 0 Å². The zero-order valence-corrected chi connectivity index (χ0v) is 18.1. The molecule has 0 radical (unpaired) electrons. The van der Waals surface area contributed by atoms with Gasteiger partial charge in [0.05, 0.1) is 5.56 Å². The topological polar surface area (TPSA) is 53.6 Å². The van der Waals surface area contributed by atoms with Crippen molar-refractivity contribution < 1.29 is 9.53 Å². The maximum absolute atomic E-state index is 12.1. The van der Waals surface area contributed by atoms with Crippen LogP contribution in [-0.2, 0) is 4.74 Å². The van der Waals surface area contributed by atoms with Gasteiger partial charge in [-0.3, -0.25) is 0 Å². The van der Waals surface area contributed by atoms with Gasteiger partial charge in [0.2, 0.25) is 0 Å². The molecule has 2 N–H and O–H groups in total. The molecule has 2 aromatic rings. The Bertz CT molecular complexity index is 791. The minimum absolute atomic E-state index is 0.340. The fraction of sp³-hybridized carbons (Fsp3) is 0.300. The Morgan fingerprint density at radius 3 is 2.14 bits per heavy atom. The smallest absolute Gasteiger partial charge is 0.338 e. The number of nitrogens with zero attached hydrogens (tertiary/aromatic N) is 1. The molecule has 150 valence electrons. The average molecular weight is 440 g/mol. The van der Waals surface area contributed by atoms with Crippen LogP contribution in [0.1, 0.15) is 24.2 Å². The summed E-state index contributed by atoms with van der Waals surface area (Å²) < 4.78 is 5.32. The van der Waals surface area contributed by atoms with E-state index >= 15 is 0 Å². The van der Waals surface area contributed by atoms with Crippen molar-refractivity contribution in [1.29, 1.82) is 0 Å². The van der Waals surface area contributed by atoms with Gasteiger partial charge in [-0.2, -0.15) is 0 Å². The van der Waals surface area contributed by atoms with Gasteiger partial charge in [0, 0.05) is 28.0 Å². The summed E-state index contributed by atoms with van der Waals surface area (Å²) in [5, 5.41) is 7.47. The molecule has 0 aromatic heterocycles. The van der Waals surface area contributed by atoms with E-state index in [-0.39, 0.29) is 5.97 Å². The van der Waals surface area contributed by atoms with E-state index in [0.29, 0.717) is 33.0 Å². The third-order valence-corrected chi connectivity index (χ3v) is 4.67. The Balaban J connectivity index is 1.86. The first-order chi connectivity index (χ1) is 13.4. The van der Waals surface area contributed by atoms with Gasteiger partial charge in [0.25, 0.3) is 0 Å². The summed E-state index contributed by atoms with van der Waals surface area (Å²) in [6.07, 6.45) is 0. The van der Waals surface area contributed by atoms with Crippen LogP contribution in [0, 0.1) is 0 Å². The highest BCUT2D eigenvalue weighted by molar-refractivity contribution is 7.80. The van der Waals surface area contributed by atoms with Crippen molar-refractivity contribution in [1.82, 2.24) is 4.90 Å². The molecular formula is C20H23Cl2N3O2S. The van der Waals surface area contributed by atoms with E-state index in [1.54, 1.807) is 42.5 Å². The summed E-state index contributed by atoms with van der Waals surface area (Å²) in [6.45, 7) is 7.13. The Kier molecular flexibility index (Phi) is 8.99. The summed E-state index contributed by atoms with van der Waals surface area (Å²) in [5.74, 6) is -0.340. The highest BCUT2D eigenvalue weighted by Gasteiger charge is 2.09. The van der Waals surface area contributed by atoms with Crippen molar-refractivity contribution in [3.63, 3.8) is 0 Å². The van der Waals surface area contributed by atoms with Crippen LogP contribution in [-0.4, -0.2) is 42.2 Å². The number of likely N-dealkylation sites (N-methyl/N-ethyl adjacent to an activating group) is 1. The molecule has 0 unspecified atom stereocenters. The molecule has 0 saturated carbocycles. The second-order valence-electron chi connectivity index (χ2n) is 5.98. The Morgan fingerprint density at radius 2 is 1.57 bits per heavy atom. The quantitative estimate of drug-likeness (QED) is 0.429. The first kappa shape index (κ1) is 22.4. The fourth-order valence-corrected chi connectivity index (χ4v) is 3.26. The van der Waals surface area contributed by atoms with E-state index in [0.717, 1.165) is 25.3 Å². The Morgan fingerprint density at radius 1 is 1.00 bits per heavy atom. The summed E-state index contributed by atoms with van der Waals surface area (Å²) in [6, 6.07) is 12.0. The highest BCUT2D eigenvalue weighted by Crippen LogP contribution is 2.22. The molecule has 0 fully saturated rings. The van der Waals surface area contributed by atoms with Crippen molar-refractivity contribution in [2.24, 2.45) is 0 Å². The number of halogens is 2. The van der Waals surface area contributed by atoms with Gasteiger partial charge in [-0.1, -0.05) is 37.0 Å². The molecule has 8 heteroatoms. The molecule has 0 aliphatic carbocycles. The molecule has 0 amide bonds. The molecule has 0 saturated heterocycles. The molecule has 0 spiro atoms. The minimum Gasteiger partial charge on any atom is -0.461 e. The maximum Gasteiger partial charge on any atom is 0.338 e. The predicted octanol–water partition coefficient (Wildman–Crippen LogP) is 5.30. The summed E-state index contributed by atoms with van der Waals surface area (Å²) >= 11 is 17.2. The van der Waals surface area contributed by atoms with Crippen LogP contribution in [0.25, 0.3) is 0 Å². The van der Waals surface area contributed by atoms with Gasteiger partial charge in [0.15, 0.2) is 5.11 Å². The monoisotopic (exact) mass is 439 g/mol. The zero-order valence-electron chi connectivity index (χ0n) is 15.8. The number of anilines is 2. The number of ether oxygens (including phenoxy) is 1. The van der Waals surface area contributed by atoms with E-state index in [2.05, 4.69) is 29.4 Å². The molecule has 5 nitrogen and oxygen atoms in total. The lowest BCUT2D eigenvalue weighted by Crippen LogP contribution is -2.27. The number of hydrogen-bond acceptors (Lipinski definition) is 4. The lowest BCUT2D eigenvalue weighted by molar-refractivity contribution is 0.0466. The van der Waals surface area contributed by atoms with E-state index < -0.39 is 0 Å². The molecular weight excluding hydrogens is 417 g/mol. The van der Waals surface area contributed by atoms with Crippen molar-refractivity contribution in [2.75, 3.05) is 36.9 Å². The normalized spacial score (nSPS) is 10.6. The number of thiocarbonyl (C=S) groups is 1. The number of esters is 1. The van der Waals surface area contributed by atoms with Crippen molar-refractivity contribution in [3.8, 4) is 0 Å². The summed E-state index contributed by atoms with van der Waals surface area (Å²) in [7, 11) is 0. The van der Waals surface area contributed by atoms with Gasteiger partial charge in [-0.15, -0.1) is 0 Å². The van der Waals surface area contributed by atoms with Gasteiger partial charge in [-0.25, -0.2) is 4.79 Å². The number of carbonyl (C=O) groups excluding carboxylic acids is 1. The predicted molar refractivity (Wildman–Crippen MR) is 121 cm³/mol. The summed E-state index contributed by atoms with van der Waals surface area (Å²) in [5.41, 5.74) is 1.92. The molecule has 0 bridgehead atoms. The molecule has 0 aliphatic rings. The van der Waals surface area contributed by atoms with Gasteiger partial charge in [0.1, 0.15) is 6.61 Å². The van der Waals surface area contributed by atoms with Crippen molar-refractivity contribution >= 4 is 57.9 Å². The molecule has 0 aliphatic heterocycles. The first-order valence-corrected chi connectivity index (χ1v) is 10.1. The average Bonchev–Trinajstić information content (AvgIpc) is 2.64. The molecule has 0 heterocycles. The Hall–Kier alpha value is -1.86. The van der Waals surface area contributed by atoms with Crippen LogP contribution in [0.3, 0.4) is 0 Å². The number of rotatable bonds is 8. The standard InChI is InChI=1S/C20H23Cl2N3O2S/c1-3-25(4-2)9-10-27-19(26)14-5-7-17(8-6-14)23-20(28)24-18-12-15(21)11-16(22)13-18/h5-8,11-13H,3-4,9-10H2,1-2H3,(H2,23,24,28). The second kappa shape index (κ2) is 11.2. The van der Waals surface area contributed by atoms with Crippen molar-refractivity contribution in [2.45, 2.75) is 13.8 Å². The highest BCUT2D eigenvalue weighted by atomic mass is 35.5. The molecule has 0 atom stereocenters. The van der Waals surface area contributed by atoms with Crippen LogP contribution in [0.2, 0.25) is 10.0 Å². The molecule has 2 aromatic carbocycles. The maximum atomic E-state index is 12.1. The van der Waals surface area contributed by atoms with Crippen LogP contribution < -0.4 is 10.6 Å². The summed E-state index contributed by atoms with van der Waals surface area (Å²) in [4.78, 5) is 14.3.